The van der Waals surface area contributed by atoms with Gasteiger partial charge in [-0.25, -0.2) is 0 Å². The first kappa shape index (κ1) is 13.6. The Balaban J connectivity index is 1.78. The third-order valence-electron chi connectivity index (χ3n) is 3.60. The van der Waals surface area contributed by atoms with Crippen molar-refractivity contribution in [2.45, 2.75) is 12.2 Å². The second-order valence-corrected chi connectivity index (χ2v) is 6.08. The van der Waals surface area contributed by atoms with Crippen LogP contribution in [0.4, 0.5) is 5.69 Å². The van der Waals surface area contributed by atoms with E-state index in [1.54, 1.807) is 24.3 Å². The molecule has 20 heavy (non-hydrogen) atoms. The number of carbonyl (C=O) groups is 2. The summed E-state index contributed by atoms with van der Waals surface area (Å²) in [6, 6.07) is 7.34. The molecule has 0 saturated carbocycles. The molecule has 104 valence electrons. The van der Waals surface area contributed by atoms with Gasteiger partial charge in [-0.3, -0.25) is 9.59 Å². The number of carboxylic acids is 1. The zero-order chi connectivity index (χ0) is 14.3. The van der Waals surface area contributed by atoms with E-state index in [4.69, 9.17) is 4.74 Å². The van der Waals surface area contributed by atoms with Crippen molar-refractivity contribution in [3.8, 4) is 0 Å². The SMILES string of the molecule is O=C(O)[C@@H]1[C@H](C(=O)Nc2ccc(I)cc2)[C@H]2C=C[C@@H]1O2. The van der Waals surface area contributed by atoms with Crippen LogP contribution < -0.4 is 5.32 Å². The number of carboxylic acid groups (broad SMARTS) is 1. The first-order valence-electron chi connectivity index (χ1n) is 6.19. The van der Waals surface area contributed by atoms with Crippen molar-refractivity contribution < 1.29 is 19.4 Å². The molecule has 6 heteroatoms. The lowest BCUT2D eigenvalue weighted by atomic mass is 9.82. The molecule has 2 bridgehead atoms. The zero-order valence-corrected chi connectivity index (χ0v) is 12.5. The summed E-state index contributed by atoms with van der Waals surface area (Å²) in [5.74, 6) is -2.80. The number of amides is 1. The molecule has 1 saturated heterocycles. The molecule has 2 heterocycles. The van der Waals surface area contributed by atoms with Crippen molar-refractivity contribution in [3.63, 3.8) is 0 Å². The molecule has 4 atom stereocenters. The molecule has 0 radical (unpaired) electrons. The van der Waals surface area contributed by atoms with E-state index in [1.165, 1.54) is 0 Å². The summed E-state index contributed by atoms with van der Waals surface area (Å²) in [6.07, 6.45) is 2.55. The van der Waals surface area contributed by atoms with Crippen LogP contribution in [0, 0.1) is 15.4 Å². The van der Waals surface area contributed by atoms with Crippen LogP contribution in [0.25, 0.3) is 0 Å². The number of anilines is 1. The summed E-state index contributed by atoms with van der Waals surface area (Å²) < 4.78 is 6.55. The molecule has 1 fully saturated rings. The van der Waals surface area contributed by atoms with Gasteiger partial charge in [0.15, 0.2) is 0 Å². The molecule has 0 aromatic heterocycles. The van der Waals surface area contributed by atoms with E-state index in [9.17, 15) is 14.7 Å². The number of carbonyl (C=O) groups excluding carboxylic acids is 1. The maximum absolute atomic E-state index is 12.3. The van der Waals surface area contributed by atoms with Gasteiger partial charge in [0.25, 0.3) is 0 Å². The summed E-state index contributed by atoms with van der Waals surface area (Å²) in [6.45, 7) is 0. The Morgan fingerprint density at radius 1 is 1.10 bits per heavy atom. The maximum Gasteiger partial charge on any atom is 0.310 e. The maximum atomic E-state index is 12.3. The van der Waals surface area contributed by atoms with Crippen molar-refractivity contribution in [1.29, 1.82) is 0 Å². The van der Waals surface area contributed by atoms with Crippen LogP contribution in [0.2, 0.25) is 0 Å². The fourth-order valence-corrected chi connectivity index (χ4v) is 3.03. The molecular formula is C14H12INO4. The zero-order valence-electron chi connectivity index (χ0n) is 10.3. The Bertz CT molecular complexity index is 583. The molecule has 2 aliphatic rings. The van der Waals surface area contributed by atoms with E-state index in [0.717, 1.165) is 3.57 Å². The predicted octanol–water partition coefficient (Wildman–Crippen LogP) is 1.88. The Morgan fingerprint density at radius 3 is 2.30 bits per heavy atom. The quantitative estimate of drug-likeness (QED) is 0.616. The number of nitrogens with one attached hydrogen (secondary N) is 1. The van der Waals surface area contributed by atoms with Gasteiger partial charge < -0.3 is 15.2 Å². The van der Waals surface area contributed by atoms with Gasteiger partial charge in [0.2, 0.25) is 5.91 Å². The second-order valence-electron chi connectivity index (χ2n) is 4.84. The van der Waals surface area contributed by atoms with Crippen LogP contribution in [0.15, 0.2) is 36.4 Å². The molecule has 0 aliphatic carbocycles. The van der Waals surface area contributed by atoms with E-state index < -0.39 is 30.0 Å². The van der Waals surface area contributed by atoms with Gasteiger partial charge >= 0.3 is 5.97 Å². The highest BCUT2D eigenvalue weighted by molar-refractivity contribution is 14.1. The van der Waals surface area contributed by atoms with Crippen molar-refractivity contribution >= 4 is 40.2 Å². The normalized spacial score (nSPS) is 30.4. The van der Waals surface area contributed by atoms with Gasteiger partial charge in [0, 0.05) is 9.26 Å². The van der Waals surface area contributed by atoms with Gasteiger partial charge in [-0.15, -0.1) is 0 Å². The minimum absolute atomic E-state index is 0.310. The lowest BCUT2D eigenvalue weighted by Gasteiger charge is -2.20. The summed E-state index contributed by atoms with van der Waals surface area (Å²) in [7, 11) is 0. The monoisotopic (exact) mass is 385 g/mol. The van der Waals surface area contributed by atoms with E-state index >= 15 is 0 Å². The fourth-order valence-electron chi connectivity index (χ4n) is 2.67. The second kappa shape index (κ2) is 5.17. The van der Waals surface area contributed by atoms with E-state index in [2.05, 4.69) is 27.9 Å². The minimum Gasteiger partial charge on any atom is -0.481 e. The van der Waals surface area contributed by atoms with Crippen molar-refractivity contribution in [3.05, 3.63) is 40.0 Å². The third kappa shape index (κ3) is 2.33. The first-order valence-corrected chi connectivity index (χ1v) is 7.27. The minimum atomic E-state index is -0.996. The molecular weight excluding hydrogens is 373 g/mol. The number of ether oxygens (including phenoxy) is 1. The van der Waals surface area contributed by atoms with E-state index in [1.807, 2.05) is 12.1 Å². The van der Waals surface area contributed by atoms with Crippen LogP contribution in [0.3, 0.4) is 0 Å². The number of hydrogen-bond donors (Lipinski definition) is 2. The van der Waals surface area contributed by atoms with Crippen LogP contribution in [0.5, 0.6) is 0 Å². The number of halogens is 1. The lowest BCUT2D eigenvalue weighted by molar-refractivity contribution is -0.145. The number of hydrogen-bond acceptors (Lipinski definition) is 3. The topological polar surface area (TPSA) is 75.6 Å². The van der Waals surface area contributed by atoms with Gasteiger partial charge in [-0.2, -0.15) is 0 Å². The Kier molecular flexibility index (Phi) is 3.51. The molecule has 1 aromatic carbocycles. The molecule has 2 aliphatic heterocycles. The Labute approximate surface area is 129 Å². The molecule has 1 aromatic rings. The molecule has 2 N–H and O–H groups in total. The summed E-state index contributed by atoms with van der Waals surface area (Å²) in [5.41, 5.74) is 0.659. The number of aliphatic carboxylic acids is 1. The highest BCUT2D eigenvalue weighted by atomic mass is 127. The highest BCUT2D eigenvalue weighted by Crippen LogP contribution is 2.39. The molecule has 0 unspecified atom stereocenters. The van der Waals surface area contributed by atoms with Crippen molar-refractivity contribution in [1.82, 2.24) is 0 Å². The number of benzene rings is 1. The van der Waals surface area contributed by atoms with Gasteiger partial charge in [-0.1, -0.05) is 12.2 Å². The summed E-state index contributed by atoms with van der Waals surface area (Å²) >= 11 is 2.18. The smallest absolute Gasteiger partial charge is 0.310 e. The van der Waals surface area contributed by atoms with E-state index in [0.29, 0.717) is 5.69 Å². The summed E-state index contributed by atoms with van der Waals surface area (Å²) in [4.78, 5) is 23.6. The average Bonchev–Trinajstić information content (AvgIpc) is 3.01. The van der Waals surface area contributed by atoms with Crippen molar-refractivity contribution in [2.24, 2.45) is 11.8 Å². The Morgan fingerprint density at radius 2 is 1.70 bits per heavy atom. The van der Waals surface area contributed by atoms with Crippen LogP contribution in [-0.2, 0) is 14.3 Å². The van der Waals surface area contributed by atoms with E-state index in [-0.39, 0.29) is 5.91 Å². The molecule has 1 amide bonds. The average molecular weight is 385 g/mol. The van der Waals surface area contributed by atoms with Crippen LogP contribution in [0.1, 0.15) is 0 Å². The molecule has 5 nitrogen and oxygen atoms in total. The Hall–Kier alpha value is -1.41. The van der Waals surface area contributed by atoms with Gasteiger partial charge in [0.1, 0.15) is 5.92 Å². The first-order chi connectivity index (χ1) is 9.56. The highest BCUT2D eigenvalue weighted by Gasteiger charge is 2.53. The number of fused-ring (bicyclic) bond motifs is 2. The lowest BCUT2D eigenvalue weighted by Crippen LogP contribution is -2.39. The predicted molar refractivity (Wildman–Crippen MR) is 80.2 cm³/mol. The fraction of sp³-hybridized carbons (Fsp3) is 0.286. The van der Waals surface area contributed by atoms with Crippen LogP contribution >= 0.6 is 22.6 Å². The van der Waals surface area contributed by atoms with Gasteiger partial charge in [0.05, 0.1) is 18.1 Å². The number of rotatable bonds is 3. The molecule has 3 rings (SSSR count). The third-order valence-corrected chi connectivity index (χ3v) is 4.32. The largest absolute Gasteiger partial charge is 0.481 e. The van der Waals surface area contributed by atoms with Crippen molar-refractivity contribution in [2.75, 3.05) is 5.32 Å². The van der Waals surface area contributed by atoms with Crippen LogP contribution in [-0.4, -0.2) is 29.2 Å². The molecule has 0 spiro atoms. The standard InChI is InChI=1S/C14H12INO4/c15-7-1-3-8(4-2-7)16-13(17)11-9-5-6-10(20-9)12(11)14(18)19/h1-6,9-12H,(H,16,17)(H,18,19)/t9-,10+,11-,12+/m1/s1. The van der Waals surface area contributed by atoms with Gasteiger partial charge in [-0.05, 0) is 46.9 Å². The summed E-state index contributed by atoms with van der Waals surface area (Å²) in [5, 5.41) is 12.0.